The molecule has 2 aromatic rings. The van der Waals surface area contributed by atoms with Gasteiger partial charge in [-0.2, -0.15) is 0 Å². The molecule has 6 heteroatoms. The molecule has 0 aromatic heterocycles. The maximum absolute atomic E-state index is 6.08. The Morgan fingerprint density at radius 3 is 1.35 bits per heavy atom. The first kappa shape index (κ1) is 17.5. The van der Waals surface area contributed by atoms with E-state index < -0.39 is 0 Å². The average molecular weight is 568 g/mol. The van der Waals surface area contributed by atoms with Gasteiger partial charge in [0.15, 0.2) is 0 Å². The largest absolute Gasteiger partial charge is 0.484 e. The minimum Gasteiger partial charge on any atom is -0.484 e. The third-order valence-corrected chi connectivity index (χ3v) is 5.88. The normalized spacial score (nSPS) is 19.8. The predicted molar refractivity (Wildman–Crippen MR) is 106 cm³/mol. The first-order valence-corrected chi connectivity index (χ1v) is 10.1. The highest BCUT2D eigenvalue weighted by Gasteiger charge is 2.24. The SMILES string of the molecule is Brc1cccc(Br)c1O[C@@H]1C=C[C@H](Oc2c(Br)cccc2Br)C1. The van der Waals surface area contributed by atoms with Gasteiger partial charge >= 0.3 is 0 Å². The van der Waals surface area contributed by atoms with Gasteiger partial charge in [-0.25, -0.2) is 0 Å². The van der Waals surface area contributed by atoms with Gasteiger partial charge < -0.3 is 9.47 Å². The molecule has 0 radical (unpaired) electrons. The zero-order chi connectivity index (χ0) is 16.4. The summed E-state index contributed by atoms with van der Waals surface area (Å²) in [5.41, 5.74) is 0. The third-order valence-electron chi connectivity index (χ3n) is 3.38. The molecular weight excluding hydrogens is 556 g/mol. The maximum Gasteiger partial charge on any atom is 0.148 e. The van der Waals surface area contributed by atoms with Crippen LogP contribution in [0, 0.1) is 0 Å². The van der Waals surface area contributed by atoms with Crippen molar-refractivity contribution in [2.75, 3.05) is 0 Å². The molecule has 1 aliphatic carbocycles. The smallest absolute Gasteiger partial charge is 0.148 e. The van der Waals surface area contributed by atoms with E-state index >= 15 is 0 Å². The highest BCUT2D eigenvalue weighted by molar-refractivity contribution is 9.11. The van der Waals surface area contributed by atoms with Gasteiger partial charge in [0.2, 0.25) is 0 Å². The second kappa shape index (κ2) is 7.72. The fourth-order valence-corrected chi connectivity index (χ4v) is 4.67. The summed E-state index contributed by atoms with van der Waals surface area (Å²) in [7, 11) is 0. The Hall–Kier alpha value is -0.300. The van der Waals surface area contributed by atoms with Crippen LogP contribution in [0.15, 0.2) is 66.4 Å². The zero-order valence-corrected chi connectivity index (χ0v) is 18.2. The third kappa shape index (κ3) is 4.21. The zero-order valence-electron chi connectivity index (χ0n) is 11.8. The number of ether oxygens (including phenoxy) is 2. The number of hydrogen-bond donors (Lipinski definition) is 0. The van der Waals surface area contributed by atoms with Crippen LogP contribution in [0.25, 0.3) is 0 Å². The Labute approximate surface area is 168 Å². The molecular formula is C17H12Br4O2. The van der Waals surface area contributed by atoms with E-state index in [2.05, 4.69) is 63.7 Å². The molecule has 2 atom stereocenters. The predicted octanol–water partition coefficient (Wildman–Crippen LogP) is 6.89. The van der Waals surface area contributed by atoms with Crippen molar-refractivity contribution in [3.63, 3.8) is 0 Å². The molecule has 0 amide bonds. The van der Waals surface area contributed by atoms with E-state index in [0.717, 1.165) is 35.8 Å². The lowest BCUT2D eigenvalue weighted by Gasteiger charge is -2.18. The highest BCUT2D eigenvalue weighted by atomic mass is 79.9. The summed E-state index contributed by atoms with van der Waals surface area (Å²) < 4.78 is 15.9. The molecule has 0 fully saturated rings. The quantitative estimate of drug-likeness (QED) is 0.375. The van der Waals surface area contributed by atoms with Crippen molar-refractivity contribution in [1.29, 1.82) is 0 Å². The van der Waals surface area contributed by atoms with Crippen molar-refractivity contribution in [2.45, 2.75) is 18.6 Å². The number of rotatable bonds is 4. The van der Waals surface area contributed by atoms with E-state index in [1.807, 2.05) is 48.6 Å². The molecule has 3 rings (SSSR count). The van der Waals surface area contributed by atoms with Crippen LogP contribution >= 0.6 is 63.7 Å². The monoisotopic (exact) mass is 564 g/mol. The van der Waals surface area contributed by atoms with E-state index in [4.69, 9.17) is 9.47 Å². The molecule has 0 N–H and O–H groups in total. The van der Waals surface area contributed by atoms with E-state index in [1.165, 1.54) is 0 Å². The Kier molecular flexibility index (Phi) is 5.88. The topological polar surface area (TPSA) is 18.5 Å². The van der Waals surface area contributed by atoms with Crippen LogP contribution in [0.2, 0.25) is 0 Å². The standard InChI is InChI=1S/C17H12Br4O2/c18-12-3-1-4-13(19)16(12)22-10-7-8-11(9-10)23-17-14(20)5-2-6-15(17)21/h1-8,10-11H,9H2/t10-,11+. The number of para-hydroxylation sites is 2. The van der Waals surface area contributed by atoms with Crippen LogP contribution in [0.5, 0.6) is 11.5 Å². The first-order chi connectivity index (χ1) is 11.0. The van der Waals surface area contributed by atoms with Crippen molar-refractivity contribution < 1.29 is 9.47 Å². The van der Waals surface area contributed by atoms with Crippen molar-refractivity contribution in [2.24, 2.45) is 0 Å². The molecule has 23 heavy (non-hydrogen) atoms. The molecule has 1 aliphatic rings. The summed E-state index contributed by atoms with van der Waals surface area (Å²) in [4.78, 5) is 0. The van der Waals surface area contributed by atoms with Gasteiger partial charge in [-0.1, -0.05) is 12.1 Å². The Balaban J connectivity index is 1.67. The van der Waals surface area contributed by atoms with E-state index in [-0.39, 0.29) is 12.2 Å². The molecule has 0 aliphatic heterocycles. The molecule has 2 nitrogen and oxygen atoms in total. The average Bonchev–Trinajstić information content (AvgIpc) is 2.95. The van der Waals surface area contributed by atoms with Gasteiger partial charge in [0.1, 0.15) is 23.7 Å². The first-order valence-electron chi connectivity index (χ1n) is 6.94. The highest BCUT2D eigenvalue weighted by Crippen LogP contribution is 2.37. The van der Waals surface area contributed by atoms with E-state index in [0.29, 0.717) is 0 Å². The van der Waals surface area contributed by atoms with Crippen LogP contribution in [-0.2, 0) is 0 Å². The Morgan fingerprint density at radius 2 is 1.00 bits per heavy atom. The summed E-state index contributed by atoms with van der Waals surface area (Å²) >= 11 is 14.1. The van der Waals surface area contributed by atoms with Gasteiger partial charge in [-0.3, -0.25) is 0 Å². The van der Waals surface area contributed by atoms with Crippen LogP contribution in [0.3, 0.4) is 0 Å². The van der Waals surface area contributed by atoms with E-state index in [9.17, 15) is 0 Å². The van der Waals surface area contributed by atoms with Gasteiger partial charge in [0, 0.05) is 6.42 Å². The molecule has 0 heterocycles. The lowest BCUT2D eigenvalue weighted by atomic mass is 10.2. The Morgan fingerprint density at radius 1 is 0.652 bits per heavy atom. The Bertz CT molecular complexity index is 643. The second-order valence-corrected chi connectivity index (χ2v) is 8.45. The van der Waals surface area contributed by atoms with E-state index in [1.54, 1.807) is 0 Å². The minimum atomic E-state index is -0.0173. The summed E-state index contributed by atoms with van der Waals surface area (Å²) in [5, 5.41) is 0. The lowest BCUT2D eigenvalue weighted by molar-refractivity contribution is 0.177. The minimum absolute atomic E-state index is 0.0173. The van der Waals surface area contributed by atoms with Crippen molar-refractivity contribution in [3.05, 3.63) is 66.4 Å². The summed E-state index contributed by atoms with van der Waals surface area (Å²) in [5.74, 6) is 1.62. The van der Waals surface area contributed by atoms with Crippen molar-refractivity contribution >= 4 is 63.7 Å². The number of hydrogen-bond acceptors (Lipinski definition) is 2. The summed E-state index contributed by atoms with van der Waals surface area (Å²) in [6.45, 7) is 0. The second-order valence-electron chi connectivity index (χ2n) is 5.03. The molecule has 120 valence electrons. The van der Waals surface area contributed by atoms with Gasteiger partial charge in [0.25, 0.3) is 0 Å². The summed E-state index contributed by atoms with van der Waals surface area (Å²) in [6, 6.07) is 11.8. The lowest BCUT2D eigenvalue weighted by Crippen LogP contribution is -2.19. The molecule has 0 unspecified atom stereocenters. The van der Waals surface area contributed by atoms with Gasteiger partial charge in [-0.05, 0) is 100 Å². The van der Waals surface area contributed by atoms with Crippen molar-refractivity contribution in [3.8, 4) is 11.5 Å². The van der Waals surface area contributed by atoms with Crippen LogP contribution in [-0.4, -0.2) is 12.2 Å². The van der Waals surface area contributed by atoms with Crippen LogP contribution < -0.4 is 9.47 Å². The van der Waals surface area contributed by atoms with Gasteiger partial charge in [0.05, 0.1) is 17.9 Å². The fourth-order valence-electron chi connectivity index (χ4n) is 2.30. The maximum atomic E-state index is 6.08. The van der Waals surface area contributed by atoms with Crippen molar-refractivity contribution in [1.82, 2.24) is 0 Å². The van der Waals surface area contributed by atoms with Crippen LogP contribution in [0.1, 0.15) is 6.42 Å². The fraction of sp³-hybridized carbons (Fsp3) is 0.176. The van der Waals surface area contributed by atoms with Gasteiger partial charge in [-0.15, -0.1) is 0 Å². The molecule has 0 spiro atoms. The number of benzene rings is 2. The summed E-state index contributed by atoms with van der Waals surface area (Å²) in [6.07, 6.45) is 4.82. The molecule has 0 saturated heterocycles. The van der Waals surface area contributed by atoms with Crippen LogP contribution in [0.4, 0.5) is 0 Å². The molecule has 0 bridgehead atoms. The molecule has 2 aromatic carbocycles. The molecule has 0 saturated carbocycles. The number of halogens is 4.